The van der Waals surface area contributed by atoms with Crippen LogP contribution in [0.5, 0.6) is 0 Å². The molecule has 2 N–H and O–H groups in total. The highest BCUT2D eigenvalue weighted by atomic mass is 32.2. The van der Waals surface area contributed by atoms with Gasteiger partial charge in [-0.3, -0.25) is 19.5 Å². The van der Waals surface area contributed by atoms with E-state index in [4.69, 9.17) is 5.73 Å². The number of hydrogen-bond donors (Lipinski definition) is 1. The van der Waals surface area contributed by atoms with E-state index in [9.17, 15) is 19.3 Å². The minimum absolute atomic E-state index is 0.0873. The Morgan fingerprint density at radius 1 is 1.32 bits per heavy atom. The average molecular weight is 360 g/mol. The van der Waals surface area contributed by atoms with Crippen molar-refractivity contribution in [1.82, 2.24) is 9.55 Å². The Balaban J connectivity index is 2.20. The molecule has 0 aliphatic rings. The zero-order valence-electron chi connectivity index (χ0n) is 13.0. The number of nitro benzene ring substituents is 1. The Hall–Kier alpha value is -2.94. The first kappa shape index (κ1) is 16.9. The molecule has 3 aromatic rings. The number of benzene rings is 2. The van der Waals surface area contributed by atoms with E-state index in [2.05, 4.69) is 4.98 Å². The third-order valence-electron chi connectivity index (χ3n) is 3.59. The molecule has 128 valence electrons. The van der Waals surface area contributed by atoms with Crippen molar-refractivity contribution in [3.8, 4) is 5.69 Å². The van der Waals surface area contributed by atoms with Crippen LogP contribution in [-0.2, 0) is 4.79 Å². The number of halogens is 1. The predicted octanol–water partition coefficient (Wildman–Crippen LogP) is 3.04. The second-order valence-electron chi connectivity index (χ2n) is 5.30. The molecule has 1 aromatic heterocycles. The van der Waals surface area contributed by atoms with Crippen LogP contribution in [0.15, 0.2) is 47.6 Å². The zero-order chi connectivity index (χ0) is 18.1. The number of carbonyl (C=O) groups excluding carboxylic acids is 1. The van der Waals surface area contributed by atoms with E-state index in [1.165, 1.54) is 24.3 Å². The number of carbonyl (C=O) groups is 1. The maximum atomic E-state index is 13.2. The van der Waals surface area contributed by atoms with Gasteiger partial charge in [-0.05, 0) is 37.3 Å². The number of amides is 1. The van der Waals surface area contributed by atoms with Gasteiger partial charge in [0, 0.05) is 17.8 Å². The molecule has 0 radical (unpaired) electrons. The Labute approximate surface area is 145 Å². The molecular weight excluding hydrogens is 347 g/mol. The fourth-order valence-electron chi connectivity index (χ4n) is 2.30. The topological polar surface area (TPSA) is 104 Å². The SMILES string of the molecule is CC(Sc1nc2cc([N+](=O)[O-])ccc2n1-c1ccc(F)cc1)C(N)=O. The fraction of sp³-hybridized carbons (Fsp3) is 0.125. The summed E-state index contributed by atoms with van der Waals surface area (Å²) in [5, 5.41) is 10.9. The van der Waals surface area contributed by atoms with Gasteiger partial charge < -0.3 is 5.73 Å². The van der Waals surface area contributed by atoms with Crippen molar-refractivity contribution in [3.05, 3.63) is 58.4 Å². The second-order valence-corrected chi connectivity index (χ2v) is 6.61. The number of non-ortho nitro benzene ring substituents is 1. The van der Waals surface area contributed by atoms with Crippen LogP contribution < -0.4 is 5.73 Å². The van der Waals surface area contributed by atoms with E-state index in [1.807, 2.05) is 0 Å². The van der Waals surface area contributed by atoms with Crippen molar-refractivity contribution in [1.29, 1.82) is 0 Å². The zero-order valence-corrected chi connectivity index (χ0v) is 13.9. The standard InChI is InChI=1S/C16H13FN4O3S/c1-9(15(18)22)25-16-19-13-8-12(21(23)24)6-7-14(13)20(16)11-4-2-10(17)3-5-11/h2-9H,1H3,(H2,18,22). The van der Waals surface area contributed by atoms with Gasteiger partial charge in [-0.1, -0.05) is 11.8 Å². The van der Waals surface area contributed by atoms with Crippen molar-refractivity contribution < 1.29 is 14.1 Å². The maximum absolute atomic E-state index is 13.2. The lowest BCUT2D eigenvalue weighted by Gasteiger charge is -2.11. The van der Waals surface area contributed by atoms with Crippen molar-refractivity contribution in [2.24, 2.45) is 5.73 Å². The highest BCUT2D eigenvalue weighted by molar-refractivity contribution is 8.00. The lowest BCUT2D eigenvalue weighted by Crippen LogP contribution is -2.23. The summed E-state index contributed by atoms with van der Waals surface area (Å²) in [7, 11) is 0. The summed E-state index contributed by atoms with van der Waals surface area (Å²) in [6, 6.07) is 10.0. The van der Waals surface area contributed by atoms with Crippen LogP contribution in [-0.4, -0.2) is 25.6 Å². The van der Waals surface area contributed by atoms with Gasteiger partial charge in [-0.2, -0.15) is 0 Å². The first-order valence-corrected chi connectivity index (χ1v) is 8.13. The predicted molar refractivity (Wildman–Crippen MR) is 92.2 cm³/mol. The minimum Gasteiger partial charge on any atom is -0.369 e. The van der Waals surface area contributed by atoms with E-state index in [0.717, 1.165) is 11.8 Å². The van der Waals surface area contributed by atoms with E-state index in [-0.39, 0.29) is 11.5 Å². The van der Waals surface area contributed by atoms with Crippen LogP contribution in [0.1, 0.15) is 6.92 Å². The molecule has 0 fully saturated rings. The van der Waals surface area contributed by atoms with E-state index in [0.29, 0.717) is 21.9 Å². The first-order valence-electron chi connectivity index (χ1n) is 7.25. The van der Waals surface area contributed by atoms with Crippen LogP contribution >= 0.6 is 11.8 Å². The molecule has 0 bridgehead atoms. The molecule has 1 amide bonds. The third-order valence-corrected chi connectivity index (χ3v) is 4.66. The van der Waals surface area contributed by atoms with E-state index >= 15 is 0 Å². The molecule has 0 spiro atoms. The number of rotatable bonds is 5. The number of fused-ring (bicyclic) bond motifs is 1. The summed E-state index contributed by atoms with van der Waals surface area (Å²) in [4.78, 5) is 26.2. The molecule has 9 heteroatoms. The fourth-order valence-corrected chi connectivity index (χ4v) is 3.19. The highest BCUT2D eigenvalue weighted by Gasteiger charge is 2.20. The van der Waals surface area contributed by atoms with E-state index < -0.39 is 16.1 Å². The Kier molecular flexibility index (Phi) is 4.41. The first-order chi connectivity index (χ1) is 11.9. The lowest BCUT2D eigenvalue weighted by molar-refractivity contribution is -0.384. The van der Waals surface area contributed by atoms with Crippen molar-refractivity contribution in [2.75, 3.05) is 0 Å². The van der Waals surface area contributed by atoms with Gasteiger partial charge in [-0.25, -0.2) is 9.37 Å². The van der Waals surface area contributed by atoms with Crippen molar-refractivity contribution in [3.63, 3.8) is 0 Å². The molecule has 0 saturated heterocycles. The molecule has 0 aliphatic heterocycles. The summed E-state index contributed by atoms with van der Waals surface area (Å²) >= 11 is 1.13. The maximum Gasteiger partial charge on any atom is 0.271 e. The van der Waals surface area contributed by atoms with Crippen LogP contribution in [0.2, 0.25) is 0 Å². The van der Waals surface area contributed by atoms with Gasteiger partial charge in [0.2, 0.25) is 5.91 Å². The lowest BCUT2D eigenvalue weighted by atomic mass is 10.2. The molecule has 1 atom stereocenters. The molecule has 0 aliphatic carbocycles. The Morgan fingerprint density at radius 3 is 2.60 bits per heavy atom. The molecule has 3 rings (SSSR count). The van der Waals surface area contributed by atoms with Crippen molar-refractivity contribution in [2.45, 2.75) is 17.3 Å². The molecule has 0 saturated carbocycles. The number of nitrogens with two attached hydrogens (primary N) is 1. The summed E-state index contributed by atoms with van der Waals surface area (Å²) < 4.78 is 14.9. The quantitative estimate of drug-likeness (QED) is 0.428. The molecular formula is C16H13FN4O3S. The minimum atomic E-state index is -0.550. The third kappa shape index (κ3) is 3.31. The summed E-state index contributed by atoms with van der Waals surface area (Å²) in [6.07, 6.45) is 0. The van der Waals surface area contributed by atoms with Gasteiger partial charge in [-0.15, -0.1) is 0 Å². The normalized spacial score (nSPS) is 12.2. The highest BCUT2D eigenvalue weighted by Crippen LogP contribution is 2.32. The number of aromatic nitrogens is 2. The number of imidazole rings is 1. The summed E-state index contributed by atoms with van der Waals surface area (Å²) in [5.74, 6) is -0.891. The molecule has 25 heavy (non-hydrogen) atoms. The van der Waals surface area contributed by atoms with Gasteiger partial charge in [0.15, 0.2) is 5.16 Å². The molecule has 1 heterocycles. The number of primary amides is 1. The van der Waals surface area contributed by atoms with Gasteiger partial charge >= 0.3 is 0 Å². The molecule has 7 nitrogen and oxygen atoms in total. The molecule has 1 unspecified atom stereocenters. The van der Waals surface area contributed by atoms with Gasteiger partial charge in [0.05, 0.1) is 21.2 Å². The van der Waals surface area contributed by atoms with Crippen LogP contribution in [0, 0.1) is 15.9 Å². The van der Waals surface area contributed by atoms with Crippen LogP contribution in [0.4, 0.5) is 10.1 Å². The average Bonchev–Trinajstić information content (AvgIpc) is 2.92. The van der Waals surface area contributed by atoms with Gasteiger partial charge in [0.1, 0.15) is 5.82 Å². The number of hydrogen-bond acceptors (Lipinski definition) is 5. The summed E-state index contributed by atoms with van der Waals surface area (Å²) in [6.45, 7) is 1.64. The largest absolute Gasteiger partial charge is 0.369 e. The second kappa shape index (κ2) is 6.52. The Morgan fingerprint density at radius 2 is 2.00 bits per heavy atom. The van der Waals surface area contributed by atoms with Crippen molar-refractivity contribution >= 4 is 34.4 Å². The smallest absolute Gasteiger partial charge is 0.271 e. The monoisotopic (exact) mass is 360 g/mol. The Bertz CT molecular complexity index is 971. The van der Waals surface area contributed by atoms with E-state index in [1.54, 1.807) is 29.7 Å². The number of nitro groups is 1. The summed E-state index contributed by atoms with van der Waals surface area (Å²) in [5.41, 5.74) is 6.86. The van der Waals surface area contributed by atoms with Gasteiger partial charge in [0.25, 0.3) is 5.69 Å². The number of thioether (sulfide) groups is 1. The molecule has 2 aromatic carbocycles. The van der Waals surface area contributed by atoms with Crippen LogP contribution in [0.3, 0.4) is 0 Å². The van der Waals surface area contributed by atoms with Crippen LogP contribution in [0.25, 0.3) is 16.7 Å². The number of nitrogens with zero attached hydrogens (tertiary/aromatic N) is 3.